The molecule has 0 saturated carbocycles. The van der Waals surface area contributed by atoms with Gasteiger partial charge in [0, 0.05) is 43.4 Å². The fourth-order valence-corrected chi connectivity index (χ4v) is 4.66. The van der Waals surface area contributed by atoms with E-state index in [4.69, 9.17) is 4.74 Å². The summed E-state index contributed by atoms with van der Waals surface area (Å²) in [5.74, 6) is 0.0578. The summed E-state index contributed by atoms with van der Waals surface area (Å²) < 4.78 is 5.71. The first-order valence-electron chi connectivity index (χ1n) is 9.42. The Labute approximate surface area is 158 Å². The number of piperidine rings is 1. The average Bonchev–Trinajstić information content (AvgIpc) is 3.36. The predicted molar refractivity (Wildman–Crippen MR) is 102 cm³/mol. The molecule has 138 valence electrons. The van der Waals surface area contributed by atoms with Gasteiger partial charge in [-0.2, -0.15) is 0 Å². The zero-order valence-electron chi connectivity index (χ0n) is 14.9. The van der Waals surface area contributed by atoms with E-state index in [0.717, 1.165) is 62.5 Å². The largest absolute Gasteiger partial charge is 0.373 e. The Balaban J connectivity index is 1.25. The third-order valence-electron chi connectivity index (χ3n) is 5.13. The Morgan fingerprint density at radius 2 is 2.12 bits per heavy atom. The maximum atomic E-state index is 12.5. The average molecular weight is 372 g/mol. The number of pyridine rings is 1. The molecule has 0 aliphatic carbocycles. The molecule has 0 spiro atoms. The molecule has 1 N–H and O–H groups in total. The minimum Gasteiger partial charge on any atom is -0.373 e. The van der Waals surface area contributed by atoms with Crippen molar-refractivity contribution in [1.82, 2.24) is 15.2 Å². The second-order valence-corrected chi connectivity index (χ2v) is 8.16. The third-order valence-corrected chi connectivity index (χ3v) is 6.31. The van der Waals surface area contributed by atoms with Gasteiger partial charge in [0.25, 0.3) is 5.91 Å². The number of amides is 1. The predicted octanol–water partition coefficient (Wildman–Crippen LogP) is 3.39. The molecule has 2 aliphatic heterocycles. The van der Waals surface area contributed by atoms with Crippen LogP contribution in [0.25, 0.3) is 0 Å². The van der Waals surface area contributed by atoms with Crippen molar-refractivity contribution >= 4 is 17.2 Å². The number of hydrogen-bond donors (Lipinski definition) is 1. The molecule has 0 aromatic carbocycles. The Hall–Kier alpha value is -1.76. The number of carbonyl (C=O) groups excluding carboxylic acids is 1. The highest BCUT2D eigenvalue weighted by atomic mass is 32.1. The van der Waals surface area contributed by atoms with Gasteiger partial charge in [0.05, 0.1) is 16.7 Å². The van der Waals surface area contributed by atoms with Gasteiger partial charge in [-0.15, -0.1) is 11.3 Å². The van der Waals surface area contributed by atoms with E-state index in [9.17, 15) is 4.79 Å². The molecule has 5 nitrogen and oxygen atoms in total. The Morgan fingerprint density at radius 3 is 2.85 bits per heavy atom. The van der Waals surface area contributed by atoms with Crippen molar-refractivity contribution in [3.05, 3.63) is 52.0 Å². The topological polar surface area (TPSA) is 54.5 Å². The van der Waals surface area contributed by atoms with Crippen molar-refractivity contribution in [2.24, 2.45) is 0 Å². The third kappa shape index (κ3) is 4.31. The number of ether oxygens (including phenoxy) is 1. The van der Waals surface area contributed by atoms with Crippen LogP contribution in [-0.2, 0) is 11.3 Å². The molecule has 2 fully saturated rings. The molecule has 1 atom stereocenters. The summed E-state index contributed by atoms with van der Waals surface area (Å²) in [5, 5.41) is 3.21. The Kier molecular flexibility index (Phi) is 5.62. The summed E-state index contributed by atoms with van der Waals surface area (Å²) in [4.78, 5) is 21.3. The second-order valence-electron chi connectivity index (χ2n) is 7.05. The lowest BCUT2D eigenvalue weighted by molar-refractivity contribution is 0.0912. The maximum Gasteiger partial charge on any atom is 0.261 e. The number of nitrogens with one attached hydrogen (secondary N) is 1. The Bertz CT molecular complexity index is 720. The van der Waals surface area contributed by atoms with E-state index in [1.165, 1.54) is 4.88 Å². The van der Waals surface area contributed by atoms with Gasteiger partial charge in [0.1, 0.15) is 0 Å². The summed E-state index contributed by atoms with van der Waals surface area (Å²) in [6.45, 7) is 3.71. The van der Waals surface area contributed by atoms with Crippen LogP contribution >= 0.6 is 11.3 Å². The van der Waals surface area contributed by atoms with Crippen molar-refractivity contribution in [1.29, 1.82) is 0 Å². The molecular weight excluding hydrogens is 346 g/mol. The molecule has 4 rings (SSSR count). The lowest BCUT2D eigenvalue weighted by atomic mass is 10.0. The number of carbonyl (C=O) groups is 1. The molecule has 0 radical (unpaired) electrons. The fraction of sp³-hybridized carbons (Fsp3) is 0.500. The van der Waals surface area contributed by atoms with E-state index in [1.54, 1.807) is 11.3 Å². The number of nitrogens with zero attached hydrogens (tertiary/aromatic N) is 2. The van der Waals surface area contributed by atoms with Crippen molar-refractivity contribution in [2.45, 2.75) is 44.4 Å². The summed E-state index contributed by atoms with van der Waals surface area (Å²) >= 11 is 1.57. The lowest BCUT2D eigenvalue weighted by Crippen LogP contribution is -2.44. The minimum atomic E-state index is 0.0578. The molecule has 2 aromatic heterocycles. The molecule has 0 bridgehead atoms. The first-order chi connectivity index (χ1) is 12.8. The summed E-state index contributed by atoms with van der Waals surface area (Å²) in [6, 6.07) is 10.3. The number of rotatable bonds is 5. The minimum absolute atomic E-state index is 0.0578. The standard InChI is InChI=1S/C20H25N3O2S/c24-20(19-7-6-18(26-19)17-5-3-13-25-17)22-15-8-11-23(12-9-15)14-16-4-1-2-10-21-16/h1-2,4,6-7,10,15,17H,3,5,8-9,11-14H2,(H,22,24)/t17-/m0/s1. The van der Waals surface area contributed by atoms with Gasteiger partial charge in [-0.3, -0.25) is 14.7 Å². The number of thiophene rings is 1. The Morgan fingerprint density at radius 1 is 1.23 bits per heavy atom. The van der Waals surface area contributed by atoms with E-state index in [0.29, 0.717) is 0 Å². The zero-order valence-corrected chi connectivity index (χ0v) is 15.7. The van der Waals surface area contributed by atoms with Gasteiger partial charge in [0.15, 0.2) is 0 Å². The van der Waals surface area contributed by atoms with E-state index < -0.39 is 0 Å². The van der Waals surface area contributed by atoms with E-state index in [-0.39, 0.29) is 18.1 Å². The van der Waals surface area contributed by atoms with E-state index in [2.05, 4.69) is 21.3 Å². The molecule has 26 heavy (non-hydrogen) atoms. The molecule has 1 amide bonds. The number of likely N-dealkylation sites (tertiary alicyclic amines) is 1. The summed E-state index contributed by atoms with van der Waals surface area (Å²) in [6.07, 6.45) is 6.19. The smallest absolute Gasteiger partial charge is 0.261 e. The quantitative estimate of drug-likeness (QED) is 0.875. The molecule has 4 heterocycles. The highest BCUT2D eigenvalue weighted by Crippen LogP contribution is 2.33. The van der Waals surface area contributed by atoms with Crippen LogP contribution in [0, 0.1) is 0 Å². The normalized spacial score (nSPS) is 21.8. The molecular formula is C20H25N3O2S. The molecule has 0 unspecified atom stereocenters. The molecule has 2 aliphatic rings. The van der Waals surface area contributed by atoms with Gasteiger partial charge in [-0.1, -0.05) is 6.07 Å². The lowest BCUT2D eigenvalue weighted by Gasteiger charge is -2.32. The van der Waals surface area contributed by atoms with Crippen molar-refractivity contribution in [2.75, 3.05) is 19.7 Å². The summed E-state index contributed by atoms with van der Waals surface area (Å²) in [5.41, 5.74) is 1.11. The molecule has 2 saturated heterocycles. The maximum absolute atomic E-state index is 12.5. The van der Waals surface area contributed by atoms with Crippen molar-refractivity contribution in [3.8, 4) is 0 Å². The first kappa shape index (κ1) is 17.6. The number of hydrogen-bond acceptors (Lipinski definition) is 5. The van der Waals surface area contributed by atoms with Crippen molar-refractivity contribution < 1.29 is 9.53 Å². The van der Waals surface area contributed by atoms with Crippen LogP contribution in [0.15, 0.2) is 36.5 Å². The fourth-order valence-electron chi connectivity index (χ4n) is 3.66. The highest BCUT2D eigenvalue weighted by Gasteiger charge is 2.24. The van der Waals surface area contributed by atoms with E-state index in [1.807, 2.05) is 30.5 Å². The van der Waals surface area contributed by atoms with Crippen LogP contribution in [0.3, 0.4) is 0 Å². The van der Waals surface area contributed by atoms with Crippen LogP contribution < -0.4 is 5.32 Å². The van der Waals surface area contributed by atoms with Gasteiger partial charge < -0.3 is 10.1 Å². The molecule has 2 aromatic rings. The van der Waals surface area contributed by atoms with Crippen LogP contribution in [0.4, 0.5) is 0 Å². The SMILES string of the molecule is O=C(NC1CCN(Cc2ccccn2)CC1)c1ccc([C@@H]2CCCO2)s1. The second kappa shape index (κ2) is 8.29. The monoisotopic (exact) mass is 371 g/mol. The summed E-state index contributed by atoms with van der Waals surface area (Å²) in [7, 11) is 0. The number of aromatic nitrogens is 1. The van der Waals surface area contributed by atoms with Crippen LogP contribution in [0.1, 0.15) is 52.0 Å². The van der Waals surface area contributed by atoms with Gasteiger partial charge in [-0.25, -0.2) is 0 Å². The van der Waals surface area contributed by atoms with Gasteiger partial charge in [-0.05, 0) is 49.9 Å². The van der Waals surface area contributed by atoms with Crippen LogP contribution in [0.2, 0.25) is 0 Å². The van der Waals surface area contributed by atoms with Crippen LogP contribution in [0.5, 0.6) is 0 Å². The van der Waals surface area contributed by atoms with Crippen molar-refractivity contribution in [3.63, 3.8) is 0 Å². The first-order valence-corrected chi connectivity index (χ1v) is 10.2. The zero-order chi connectivity index (χ0) is 17.8. The highest BCUT2D eigenvalue weighted by molar-refractivity contribution is 7.14. The van der Waals surface area contributed by atoms with E-state index >= 15 is 0 Å². The van der Waals surface area contributed by atoms with Crippen LogP contribution in [-0.4, -0.2) is 41.5 Å². The molecule has 6 heteroatoms. The van der Waals surface area contributed by atoms with Gasteiger partial charge >= 0.3 is 0 Å². The van der Waals surface area contributed by atoms with Gasteiger partial charge in [0.2, 0.25) is 0 Å².